The van der Waals surface area contributed by atoms with Gasteiger partial charge in [0.1, 0.15) is 17.9 Å². The maximum atomic E-state index is 5.54. The summed E-state index contributed by atoms with van der Waals surface area (Å²) in [5.41, 5.74) is 4.82. The second-order valence-electron chi connectivity index (χ2n) is 6.82. The molecule has 0 bridgehead atoms. The van der Waals surface area contributed by atoms with Crippen LogP contribution in [0, 0.1) is 6.92 Å². The van der Waals surface area contributed by atoms with E-state index in [9.17, 15) is 0 Å². The Bertz CT molecular complexity index is 1100. The predicted octanol–water partition coefficient (Wildman–Crippen LogP) is 5.06. The molecule has 0 saturated heterocycles. The van der Waals surface area contributed by atoms with Crippen LogP contribution < -0.4 is 10.1 Å². The van der Waals surface area contributed by atoms with E-state index in [1.54, 1.807) is 17.7 Å². The summed E-state index contributed by atoms with van der Waals surface area (Å²) in [6.45, 7) is 5.64. The summed E-state index contributed by atoms with van der Waals surface area (Å²) >= 11 is 1.63. The van der Waals surface area contributed by atoms with Crippen molar-refractivity contribution in [3.05, 3.63) is 59.4 Å². The van der Waals surface area contributed by atoms with Crippen molar-refractivity contribution in [3.8, 4) is 16.3 Å². The molecule has 0 aliphatic heterocycles. The van der Waals surface area contributed by atoms with E-state index in [-0.39, 0.29) is 0 Å². The number of nitrogens with one attached hydrogen (secondary N) is 1. The SMILES string of the molecule is CCOc1csc(-c2cc(NCCc3ccc4c(c3)c(C)cn4C)ncn2)c1. The zero-order valence-electron chi connectivity index (χ0n) is 16.4. The molecule has 0 aliphatic carbocycles. The molecule has 3 heterocycles. The van der Waals surface area contributed by atoms with Crippen LogP contribution in [0.3, 0.4) is 0 Å². The third-order valence-corrected chi connectivity index (χ3v) is 5.71. The van der Waals surface area contributed by atoms with Crippen molar-refractivity contribution >= 4 is 28.1 Å². The quantitative estimate of drug-likeness (QED) is 0.478. The average molecular weight is 393 g/mol. The number of hydrogen-bond acceptors (Lipinski definition) is 5. The van der Waals surface area contributed by atoms with Gasteiger partial charge in [-0.05, 0) is 43.5 Å². The fraction of sp³-hybridized carbons (Fsp3) is 0.273. The number of ether oxygens (including phenoxy) is 1. The number of nitrogens with zero attached hydrogens (tertiary/aromatic N) is 3. The molecule has 0 radical (unpaired) electrons. The maximum absolute atomic E-state index is 5.54. The van der Waals surface area contributed by atoms with Gasteiger partial charge in [-0.1, -0.05) is 6.07 Å². The molecule has 0 fully saturated rings. The summed E-state index contributed by atoms with van der Waals surface area (Å²) in [7, 11) is 2.09. The Morgan fingerprint density at radius 3 is 2.93 bits per heavy atom. The lowest BCUT2D eigenvalue weighted by Crippen LogP contribution is -2.06. The number of hydrogen-bond donors (Lipinski definition) is 1. The summed E-state index contributed by atoms with van der Waals surface area (Å²) in [5.74, 6) is 1.73. The molecule has 4 aromatic rings. The lowest BCUT2D eigenvalue weighted by Gasteiger charge is -2.07. The molecular weight excluding hydrogens is 368 g/mol. The van der Waals surface area contributed by atoms with Crippen molar-refractivity contribution in [1.82, 2.24) is 14.5 Å². The van der Waals surface area contributed by atoms with E-state index in [2.05, 4.69) is 58.2 Å². The van der Waals surface area contributed by atoms with Crippen LogP contribution in [0.25, 0.3) is 21.5 Å². The van der Waals surface area contributed by atoms with Gasteiger partial charge >= 0.3 is 0 Å². The van der Waals surface area contributed by atoms with Crippen molar-refractivity contribution in [3.63, 3.8) is 0 Å². The molecule has 28 heavy (non-hydrogen) atoms. The summed E-state index contributed by atoms with van der Waals surface area (Å²) in [5, 5.41) is 6.76. The van der Waals surface area contributed by atoms with Gasteiger partial charge in [0, 0.05) is 48.2 Å². The molecule has 3 aromatic heterocycles. The Morgan fingerprint density at radius 1 is 1.18 bits per heavy atom. The van der Waals surface area contributed by atoms with Gasteiger partial charge in [0.15, 0.2) is 0 Å². The second-order valence-corrected chi connectivity index (χ2v) is 7.73. The lowest BCUT2D eigenvalue weighted by atomic mass is 10.1. The van der Waals surface area contributed by atoms with Crippen LogP contribution in [0.15, 0.2) is 48.2 Å². The molecule has 0 unspecified atom stereocenters. The van der Waals surface area contributed by atoms with Crippen LogP contribution in [-0.4, -0.2) is 27.7 Å². The molecule has 0 spiro atoms. The fourth-order valence-electron chi connectivity index (χ4n) is 3.41. The summed E-state index contributed by atoms with van der Waals surface area (Å²) in [6, 6.07) is 10.7. The summed E-state index contributed by atoms with van der Waals surface area (Å²) < 4.78 is 7.72. The first-order valence-corrected chi connectivity index (χ1v) is 10.3. The van der Waals surface area contributed by atoms with Gasteiger partial charge in [-0.2, -0.15) is 0 Å². The minimum Gasteiger partial charge on any atom is -0.493 e. The zero-order chi connectivity index (χ0) is 19.5. The minimum atomic E-state index is 0.668. The highest BCUT2D eigenvalue weighted by Crippen LogP contribution is 2.30. The number of fused-ring (bicyclic) bond motifs is 1. The normalized spacial score (nSPS) is 11.1. The van der Waals surface area contributed by atoms with Gasteiger partial charge in [0.25, 0.3) is 0 Å². The first kappa shape index (κ1) is 18.5. The molecule has 1 N–H and O–H groups in total. The van der Waals surface area contributed by atoms with E-state index in [0.717, 1.165) is 35.1 Å². The molecule has 0 aliphatic rings. The Kier molecular flexibility index (Phi) is 5.30. The molecule has 144 valence electrons. The third kappa shape index (κ3) is 3.87. The van der Waals surface area contributed by atoms with Crippen molar-refractivity contribution in [2.24, 2.45) is 7.05 Å². The smallest absolute Gasteiger partial charge is 0.130 e. The van der Waals surface area contributed by atoms with Crippen molar-refractivity contribution in [2.45, 2.75) is 20.3 Å². The molecule has 4 rings (SSSR count). The van der Waals surface area contributed by atoms with Gasteiger partial charge in [-0.15, -0.1) is 11.3 Å². The number of rotatable bonds is 7. The van der Waals surface area contributed by atoms with Crippen LogP contribution >= 0.6 is 11.3 Å². The Balaban J connectivity index is 1.41. The van der Waals surface area contributed by atoms with E-state index in [4.69, 9.17) is 4.74 Å². The van der Waals surface area contributed by atoms with Gasteiger partial charge in [-0.3, -0.25) is 0 Å². The first-order valence-electron chi connectivity index (χ1n) is 9.46. The Labute approximate surface area is 169 Å². The van der Waals surface area contributed by atoms with Crippen molar-refractivity contribution < 1.29 is 4.74 Å². The fourth-order valence-corrected chi connectivity index (χ4v) is 4.21. The molecule has 0 atom stereocenters. The molecule has 5 nitrogen and oxygen atoms in total. The number of aryl methyl sites for hydroxylation is 2. The van der Waals surface area contributed by atoms with E-state index in [0.29, 0.717) is 6.61 Å². The Morgan fingerprint density at radius 2 is 2.07 bits per heavy atom. The monoisotopic (exact) mass is 392 g/mol. The largest absolute Gasteiger partial charge is 0.493 e. The highest BCUT2D eigenvalue weighted by molar-refractivity contribution is 7.13. The second kappa shape index (κ2) is 8.02. The summed E-state index contributed by atoms with van der Waals surface area (Å²) in [6.07, 6.45) is 4.73. The lowest BCUT2D eigenvalue weighted by molar-refractivity contribution is 0.342. The maximum Gasteiger partial charge on any atom is 0.130 e. The van der Waals surface area contributed by atoms with Crippen LogP contribution in [0.2, 0.25) is 0 Å². The van der Waals surface area contributed by atoms with Gasteiger partial charge in [0.2, 0.25) is 0 Å². The third-order valence-electron chi connectivity index (χ3n) is 4.78. The zero-order valence-corrected chi connectivity index (χ0v) is 17.2. The van der Waals surface area contributed by atoms with Crippen LogP contribution in [0.1, 0.15) is 18.1 Å². The molecule has 1 aromatic carbocycles. The topological polar surface area (TPSA) is 52.0 Å². The van der Waals surface area contributed by atoms with Crippen molar-refractivity contribution in [2.75, 3.05) is 18.5 Å². The van der Waals surface area contributed by atoms with Gasteiger partial charge < -0.3 is 14.6 Å². The number of thiophene rings is 1. The Hall–Kier alpha value is -2.86. The van der Waals surface area contributed by atoms with Crippen LogP contribution in [0.4, 0.5) is 5.82 Å². The van der Waals surface area contributed by atoms with Crippen LogP contribution in [0.5, 0.6) is 5.75 Å². The number of anilines is 1. The number of aromatic nitrogens is 3. The van der Waals surface area contributed by atoms with E-state index >= 15 is 0 Å². The highest BCUT2D eigenvalue weighted by Gasteiger charge is 2.07. The molecule has 0 saturated carbocycles. The minimum absolute atomic E-state index is 0.668. The van der Waals surface area contributed by atoms with E-state index < -0.39 is 0 Å². The van der Waals surface area contributed by atoms with Gasteiger partial charge in [-0.25, -0.2) is 9.97 Å². The molecule has 6 heteroatoms. The molecular formula is C22H24N4OS. The predicted molar refractivity (Wildman–Crippen MR) is 116 cm³/mol. The van der Waals surface area contributed by atoms with E-state index in [1.165, 1.54) is 22.0 Å². The standard InChI is InChI=1S/C22H24N4OS/c1-4-27-17-10-21(28-13-17)19-11-22(25-14-24-19)23-8-7-16-5-6-20-18(9-16)15(2)12-26(20)3/h5-6,9-14H,4,7-8H2,1-3H3,(H,23,24,25). The van der Waals surface area contributed by atoms with Crippen LogP contribution in [-0.2, 0) is 13.5 Å². The number of benzene rings is 1. The van der Waals surface area contributed by atoms with Crippen molar-refractivity contribution in [1.29, 1.82) is 0 Å². The first-order chi connectivity index (χ1) is 13.6. The van der Waals surface area contributed by atoms with Gasteiger partial charge in [0.05, 0.1) is 17.2 Å². The average Bonchev–Trinajstić information content (AvgIpc) is 3.27. The molecule has 0 amide bonds. The summed E-state index contributed by atoms with van der Waals surface area (Å²) in [4.78, 5) is 9.83. The van der Waals surface area contributed by atoms with E-state index in [1.807, 2.05) is 24.4 Å². The highest BCUT2D eigenvalue weighted by atomic mass is 32.1.